The van der Waals surface area contributed by atoms with Crippen LogP contribution in [-0.2, 0) is 0 Å². The quantitative estimate of drug-likeness (QED) is 0.689. The van der Waals surface area contributed by atoms with Crippen LogP contribution in [0.4, 0.5) is 0 Å². The second-order valence-corrected chi connectivity index (χ2v) is 5.79. The lowest BCUT2D eigenvalue weighted by Crippen LogP contribution is -2.55. The predicted molar refractivity (Wildman–Crippen MR) is 58.0 cm³/mol. The van der Waals surface area contributed by atoms with Gasteiger partial charge in [0.05, 0.1) is 0 Å². The van der Waals surface area contributed by atoms with Gasteiger partial charge in [0, 0.05) is 24.2 Å². The van der Waals surface area contributed by atoms with Crippen LogP contribution in [0.2, 0.25) is 0 Å². The number of nitrogens with two attached hydrogens (primary N) is 1. The van der Waals surface area contributed by atoms with E-state index in [0.29, 0.717) is 6.04 Å². The van der Waals surface area contributed by atoms with Gasteiger partial charge in [0.15, 0.2) is 0 Å². The summed E-state index contributed by atoms with van der Waals surface area (Å²) in [4.78, 5) is 2.84. The zero-order valence-corrected chi connectivity index (χ0v) is 9.15. The number of hydrogen-bond donors (Lipinski definition) is 1. The van der Waals surface area contributed by atoms with E-state index in [1.807, 2.05) is 0 Å². The van der Waals surface area contributed by atoms with E-state index in [4.69, 9.17) is 5.73 Å². The average Bonchev–Trinajstić information content (AvgIpc) is 2.32. The maximum Gasteiger partial charge on any atom is 0.0116 e. The molecule has 2 heteroatoms. The topological polar surface area (TPSA) is 29.3 Å². The summed E-state index contributed by atoms with van der Waals surface area (Å²) in [6.45, 7) is 2.38. The highest BCUT2D eigenvalue weighted by molar-refractivity contribution is 5.01. The lowest BCUT2D eigenvalue weighted by atomic mass is 9.78. The average molecular weight is 194 g/mol. The first-order valence-corrected chi connectivity index (χ1v) is 6.27. The Hall–Kier alpha value is -0.0800. The van der Waals surface area contributed by atoms with Gasteiger partial charge in [-0.25, -0.2) is 0 Å². The van der Waals surface area contributed by atoms with E-state index in [1.165, 1.54) is 38.5 Å². The first-order chi connectivity index (χ1) is 6.74. The van der Waals surface area contributed by atoms with Crippen molar-refractivity contribution in [3.05, 3.63) is 0 Å². The SMILES string of the molecule is CC1CC(N2C3CCC2CC(N)C3)C1. The van der Waals surface area contributed by atoms with Gasteiger partial charge in [0.2, 0.25) is 0 Å². The molecule has 1 saturated carbocycles. The Bertz CT molecular complexity index is 208. The van der Waals surface area contributed by atoms with E-state index in [-0.39, 0.29) is 0 Å². The second-order valence-electron chi connectivity index (χ2n) is 5.79. The fourth-order valence-corrected chi connectivity index (χ4v) is 3.95. The molecule has 2 atom stereocenters. The van der Waals surface area contributed by atoms with Crippen molar-refractivity contribution < 1.29 is 0 Å². The van der Waals surface area contributed by atoms with E-state index in [1.54, 1.807) is 0 Å². The van der Waals surface area contributed by atoms with Gasteiger partial charge in [0.1, 0.15) is 0 Å². The van der Waals surface area contributed by atoms with Crippen LogP contribution < -0.4 is 5.73 Å². The molecule has 3 fully saturated rings. The Kier molecular flexibility index (Phi) is 2.10. The lowest BCUT2D eigenvalue weighted by molar-refractivity contribution is 0.0141. The molecule has 2 N–H and O–H groups in total. The molecule has 2 saturated heterocycles. The standard InChI is InChI=1S/C12H22N2/c1-8-4-12(5-8)14-10-2-3-11(14)7-9(13)6-10/h8-12H,2-7,13H2,1H3. The molecule has 0 spiro atoms. The Morgan fingerprint density at radius 1 is 0.929 bits per heavy atom. The molecule has 0 radical (unpaired) electrons. The van der Waals surface area contributed by atoms with Crippen LogP contribution in [0.25, 0.3) is 0 Å². The maximum atomic E-state index is 6.08. The number of nitrogens with zero attached hydrogens (tertiary/aromatic N) is 1. The summed E-state index contributed by atoms with van der Waals surface area (Å²) < 4.78 is 0. The molecule has 2 aliphatic heterocycles. The molecular formula is C12H22N2. The molecule has 0 aromatic carbocycles. The number of rotatable bonds is 1. The van der Waals surface area contributed by atoms with E-state index in [9.17, 15) is 0 Å². The Balaban J connectivity index is 1.69. The van der Waals surface area contributed by atoms with Crippen LogP contribution >= 0.6 is 0 Å². The molecule has 2 nitrogen and oxygen atoms in total. The minimum Gasteiger partial charge on any atom is -0.328 e. The van der Waals surface area contributed by atoms with Crippen molar-refractivity contribution in [2.75, 3.05) is 0 Å². The first-order valence-electron chi connectivity index (χ1n) is 6.27. The fourth-order valence-electron chi connectivity index (χ4n) is 3.95. The third-order valence-electron chi connectivity index (χ3n) is 4.60. The first kappa shape index (κ1) is 9.17. The van der Waals surface area contributed by atoms with E-state index >= 15 is 0 Å². The van der Waals surface area contributed by atoms with Crippen LogP contribution in [0.3, 0.4) is 0 Å². The van der Waals surface area contributed by atoms with Crippen molar-refractivity contribution in [2.45, 2.75) is 69.6 Å². The molecule has 0 amide bonds. The van der Waals surface area contributed by atoms with Crippen LogP contribution in [0.5, 0.6) is 0 Å². The van der Waals surface area contributed by atoms with E-state index < -0.39 is 0 Å². The van der Waals surface area contributed by atoms with Crippen LogP contribution in [-0.4, -0.2) is 29.1 Å². The van der Waals surface area contributed by atoms with Crippen LogP contribution in [0.15, 0.2) is 0 Å². The molecule has 2 bridgehead atoms. The van der Waals surface area contributed by atoms with Gasteiger partial charge >= 0.3 is 0 Å². The smallest absolute Gasteiger partial charge is 0.0116 e. The van der Waals surface area contributed by atoms with Crippen LogP contribution in [0, 0.1) is 5.92 Å². The number of fused-ring (bicyclic) bond motifs is 2. The summed E-state index contributed by atoms with van der Waals surface area (Å²) in [5.74, 6) is 0.981. The van der Waals surface area contributed by atoms with Gasteiger partial charge in [0.25, 0.3) is 0 Å². The summed E-state index contributed by atoms with van der Waals surface area (Å²) in [5, 5.41) is 0. The van der Waals surface area contributed by atoms with Crippen molar-refractivity contribution in [3.63, 3.8) is 0 Å². The highest BCUT2D eigenvalue weighted by atomic mass is 15.3. The Morgan fingerprint density at radius 3 is 2.00 bits per heavy atom. The molecule has 3 rings (SSSR count). The highest BCUT2D eigenvalue weighted by Crippen LogP contribution is 2.43. The minimum absolute atomic E-state index is 0.501. The van der Waals surface area contributed by atoms with Crippen molar-refractivity contribution in [1.29, 1.82) is 0 Å². The third kappa shape index (κ3) is 1.31. The molecule has 2 unspecified atom stereocenters. The molecule has 80 valence electrons. The molecule has 1 aliphatic carbocycles. The largest absolute Gasteiger partial charge is 0.328 e. The van der Waals surface area contributed by atoms with Gasteiger partial charge in [-0.15, -0.1) is 0 Å². The molecular weight excluding hydrogens is 172 g/mol. The summed E-state index contributed by atoms with van der Waals surface area (Å²) >= 11 is 0. The normalized spacial score (nSPS) is 53.1. The van der Waals surface area contributed by atoms with Gasteiger partial charge in [-0.05, 0) is 44.4 Å². The summed E-state index contributed by atoms with van der Waals surface area (Å²) in [6.07, 6.45) is 8.26. The Labute approximate surface area is 86.8 Å². The summed E-state index contributed by atoms with van der Waals surface area (Å²) in [6, 6.07) is 3.12. The van der Waals surface area contributed by atoms with Gasteiger partial charge in [-0.1, -0.05) is 6.92 Å². The van der Waals surface area contributed by atoms with Crippen LogP contribution in [0.1, 0.15) is 45.4 Å². The van der Waals surface area contributed by atoms with Crippen molar-refractivity contribution >= 4 is 0 Å². The van der Waals surface area contributed by atoms with Gasteiger partial charge in [-0.3, -0.25) is 4.90 Å². The number of hydrogen-bond acceptors (Lipinski definition) is 2. The van der Waals surface area contributed by atoms with Crippen molar-refractivity contribution in [1.82, 2.24) is 4.90 Å². The molecule has 2 heterocycles. The molecule has 3 aliphatic rings. The fraction of sp³-hybridized carbons (Fsp3) is 1.00. The Morgan fingerprint density at radius 2 is 1.50 bits per heavy atom. The van der Waals surface area contributed by atoms with Crippen molar-refractivity contribution in [3.8, 4) is 0 Å². The minimum atomic E-state index is 0.501. The molecule has 0 aromatic rings. The van der Waals surface area contributed by atoms with Crippen molar-refractivity contribution in [2.24, 2.45) is 11.7 Å². The van der Waals surface area contributed by atoms with Gasteiger partial charge in [-0.2, -0.15) is 0 Å². The lowest BCUT2D eigenvalue weighted by Gasteiger charge is -2.48. The van der Waals surface area contributed by atoms with E-state index in [2.05, 4.69) is 11.8 Å². The van der Waals surface area contributed by atoms with E-state index in [0.717, 1.165) is 24.0 Å². The predicted octanol–water partition coefficient (Wildman–Crippen LogP) is 1.74. The second kappa shape index (κ2) is 3.21. The third-order valence-corrected chi connectivity index (χ3v) is 4.60. The summed E-state index contributed by atoms with van der Waals surface area (Å²) in [5.41, 5.74) is 6.08. The summed E-state index contributed by atoms with van der Waals surface area (Å²) in [7, 11) is 0. The maximum absolute atomic E-state index is 6.08. The zero-order valence-electron chi connectivity index (χ0n) is 9.15. The monoisotopic (exact) mass is 194 g/mol. The molecule has 0 aromatic heterocycles. The molecule has 14 heavy (non-hydrogen) atoms. The number of piperidine rings is 1. The highest BCUT2D eigenvalue weighted by Gasteiger charge is 2.45. The van der Waals surface area contributed by atoms with Gasteiger partial charge < -0.3 is 5.73 Å². The zero-order chi connectivity index (χ0) is 9.71.